The number of nitrogens with two attached hydrogens (primary N) is 1. The van der Waals surface area contributed by atoms with Gasteiger partial charge >= 0.3 is 42.0 Å². The van der Waals surface area contributed by atoms with Gasteiger partial charge in [0.15, 0.2) is 0 Å². The fourth-order valence-electron chi connectivity index (χ4n) is 8.67. The number of aromatic amines is 2. The molecule has 0 aliphatic carbocycles. The van der Waals surface area contributed by atoms with Gasteiger partial charge in [0.05, 0.1) is 33.1 Å². The molecule has 2 heterocycles. The summed E-state index contributed by atoms with van der Waals surface area (Å²) in [5, 5.41) is 23.4. The van der Waals surface area contributed by atoms with E-state index in [1.54, 1.807) is 78.2 Å². The van der Waals surface area contributed by atoms with E-state index >= 15 is 0 Å². The van der Waals surface area contributed by atoms with Crippen LogP contribution in [0.5, 0.6) is 0 Å². The number of hydrogen-bond donors (Lipinski definition) is 9. The van der Waals surface area contributed by atoms with Gasteiger partial charge in [-0.15, -0.1) is 0 Å². The first-order valence-electron chi connectivity index (χ1n) is 29.6. The average Bonchev–Trinajstić information content (AvgIpc) is 1.82. The van der Waals surface area contributed by atoms with E-state index in [4.69, 9.17) is 39.3 Å². The van der Waals surface area contributed by atoms with Gasteiger partial charge in [-0.05, 0) is 113 Å². The SMILES string of the molecule is COC(=O)[C@H](Cc1c[nH]c2ccccc12)NC(=O)[C@@H](N)CC(=O)OCc1ccccc1.COC(=O)[C@H](Cc1c[nH]c2ccccc12)NC(=O)[C@H](CC(=O)OCc1ccccc1)NC(=O)[C@H](CCSC)NC(=O)OC(C)(C)C.CSCC[C@H](NC(=O)OC(C)(C)C)C(=O)O. The number of aliphatic carboxylic acids is 1. The molecule has 93 heavy (non-hydrogen) atoms. The van der Waals surface area contributed by atoms with E-state index in [2.05, 4.69) is 36.6 Å². The third-order valence-electron chi connectivity index (χ3n) is 13.2. The first kappa shape index (κ1) is 76.4. The largest absolute Gasteiger partial charge is 0.480 e. The summed E-state index contributed by atoms with van der Waals surface area (Å²) in [6, 6.07) is 26.7. The number of amides is 5. The number of fused-ring (bicyclic) bond motifs is 2. The topological polar surface area (TPSA) is 364 Å². The van der Waals surface area contributed by atoms with Gasteiger partial charge in [-0.2, -0.15) is 23.5 Å². The van der Waals surface area contributed by atoms with Crippen molar-refractivity contribution < 1.29 is 81.5 Å². The van der Waals surface area contributed by atoms with E-state index < -0.39 is 114 Å². The van der Waals surface area contributed by atoms with Gasteiger partial charge in [-0.1, -0.05) is 97.1 Å². The number of esters is 4. The van der Waals surface area contributed by atoms with E-state index in [9.17, 15) is 47.9 Å². The number of carbonyl (C=O) groups excluding carboxylic acids is 9. The first-order valence-corrected chi connectivity index (χ1v) is 32.4. The van der Waals surface area contributed by atoms with E-state index in [-0.39, 0.29) is 38.9 Å². The van der Waals surface area contributed by atoms with Crippen LogP contribution in [0.3, 0.4) is 0 Å². The van der Waals surface area contributed by atoms with Crippen LogP contribution in [0.15, 0.2) is 122 Å². The van der Waals surface area contributed by atoms with Crippen LogP contribution in [0.4, 0.5) is 9.59 Å². The molecule has 0 aliphatic rings. The molecule has 25 nitrogen and oxygen atoms in total. The van der Waals surface area contributed by atoms with E-state index in [1.807, 2.05) is 97.4 Å². The Labute approximate surface area is 549 Å². The number of ether oxygens (including phenoxy) is 6. The van der Waals surface area contributed by atoms with Gasteiger partial charge in [0.25, 0.3) is 0 Å². The number of H-pyrrole nitrogens is 2. The highest BCUT2D eigenvalue weighted by Gasteiger charge is 2.34. The minimum absolute atomic E-state index is 0.0378. The number of benzene rings is 4. The van der Waals surface area contributed by atoms with E-state index in [0.717, 1.165) is 44.1 Å². The Hall–Kier alpha value is -9.08. The number of aromatic nitrogens is 2. The molecule has 4 aromatic carbocycles. The zero-order chi connectivity index (χ0) is 68.7. The lowest BCUT2D eigenvalue weighted by Gasteiger charge is -2.26. The summed E-state index contributed by atoms with van der Waals surface area (Å²) in [4.78, 5) is 131. The number of carbonyl (C=O) groups is 10. The number of para-hydroxylation sites is 2. The molecule has 0 unspecified atom stereocenters. The second-order valence-corrected chi connectivity index (χ2v) is 24.9. The van der Waals surface area contributed by atoms with E-state index in [0.29, 0.717) is 17.9 Å². The maximum absolute atomic E-state index is 13.7. The van der Waals surface area contributed by atoms with Crippen LogP contribution in [0.2, 0.25) is 0 Å². The Morgan fingerprint density at radius 1 is 0.495 bits per heavy atom. The summed E-state index contributed by atoms with van der Waals surface area (Å²) in [5.41, 5.74) is 9.40. The van der Waals surface area contributed by atoms with Crippen molar-refractivity contribution in [2.75, 3.05) is 38.2 Å². The van der Waals surface area contributed by atoms with Gasteiger partial charge in [-0.25, -0.2) is 24.0 Å². The predicted octanol–water partition coefficient (Wildman–Crippen LogP) is 7.18. The van der Waals surface area contributed by atoms with Crippen LogP contribution in [-0.4, -0.2) is 161 Å². The lowest BCUT2D eigenvalue weighted by molar-refractivity contribution is -0.149. The third kappa shape index (κ3) is 28.1. The van der Waals surface area contributed by atoms with Crippen LogP contribution in [0, 0.1) is 0 Å². The monoisotopic (exact) mass is 1330 g/mol. The van der Waals surface area contributed by atoms with Gasteiger partial charge in [-0.3, -0.25) is 24.0 Å². The lowest BCUT2D eigenvalue weighted by Crippen LogP contribution is -2.57. The molecule has 0 bridgehead atoms. The molecule has 5 amide bonds. The van der Waals surface area contributed by atoms with Crippen molar-refractivity contribution in [3.8, 4) is 0 Å². The summed E-state index contributed by atoms with van der Waals surface area (Å²) < 4.78 is 30.6. The van der Waals surface area contributed by atoms with Crippen molar-refractivity contribution in [3.63, 3.8) is 0 Å². The minimum atomic E-state index is -1.44. The minimum Gasteiger partial charge on any atom is -0.480 e. The molecule has 0 radical (unpaired) electrons. The fourth-order valence-corrected chi connectivity index (χ4v) is 9.62. The molecular formula is C66H86N8O17S2. The molecular weight excluding hydrogens is 1240 g/mol. The number of hydrogen-bond acceptors (Lipinski definition) is 19. The molecule has 6 atom stereocenters. The summed E-state index contributed by atoms with van der Waals surface area (Å²) in [6.45, 7) is 10.3. The van der Waals surface area contributed by atoms with Crippen LogP contribution >= 0.6 is 23.5 Å². The van der Waals surface area contributed by atoms with Crippen LogP contribution in [-0.2, 0) is 92.8 Å². The zero-order valence-electron chi connectivity index (χ0n) is 54.0. The molecule has 0 saturated heterocycles. The maximum Gasteiger partial charge on any atom is 0.408 e. The Morgan fingerprint density at radius 2 is 0.871 bits per heavy atom. The highest BCUT2D eigenvalue weighted by Crippen LogP contribution is 2.22. The average molecular weight is 1330 g/mol. The molecule has 27 heteroatoms. The Balaban J connectivity index is 0.000000336. The van der Waals surface area contributed by atoms with Crippen molar-refractivity contribution in [2.45, 2.75) is 141 Å². The van der Waals surface area contributed by atoms with Gasteiger partial charge in [0, 0.05) is 47.0 Å². The smallest absolute Gasteiger partial charge is 0.408 e. The highest BCUT2D eigenvalue weighted by atomic mass is 32.2. The molecule has 6 rings (SSSR count). The standard InChI is InChI=1S/C33H42N4O8S.C23H25N3O5.C10H19NO4S/c1-33(2,3)45-32(42)37-25(15-16-46-5)29(39)35-26(18-28(38)44-20-21-11-7-6-8-12-21)30(40)36-27(31(41)43-4)17-22-19-34-24-14-10-9-13-23(22)24;1-30-23(29)20(11-16-13-25-19-10-6-5-9-17(16)19)26-22(28)18(24)12-21(27)31-14-15-7-3-2-4-8-15;1-10(2,3)15-9(14)11-7(8(12)13)5-6-16-4/h6-14,19,25-27,34H,15-18,20H2,1-5H3,(H,35,39)(H,36,40)(H,37,42);2-10,13,18,20,25H,11-12,14,24H2,1H3,(H,26,28);7H,5-6H2,1-4H3,(H,11,14)(H,12,13)/t25-,26-,27-;18-,20-;7-/m000/s1. The van der Waals surface area contributed by atoms with Crippen molar-refractivity contribution in [3.05, 3.63) is 144 Å². The fraction of sp³-hybridized carbons (Fsp3) is 0.424. The van der Waals surface area contributed by atoms with Crippen LogP contribution in [0.25, 0.3) is 21.8 Å². The summed E-state index contributed by atoms with van der Waals surface area (Å²) in [5.74, 6) is -4.66. The Bertz CT molecular complexity index is 3410. The first-order chi connectivity index (χ1) is 44.1. The van der Waals surface area contributed by atoms with Gasteiger partial charge in [0.1, 0.15) is 54.6 Å². The third-order valence-corrected chi connectivity index (χ3v) is 14.5. The number of thioether (sulfide) groups is 2. The van der Waals surface area contributed by atoms with E-state index in [1.165, 1.54) is 37.7 Å². The lowest BCUT2D eigenvalue weighted by atomic mass is 10.0. The molecule has 6 aromatic rings. The molecule has 0 spiro atoms. The van der Waals surface area contributed by atoms with Crippen molar-refractivity contribution in [2.24, 2.45) is 5.73 Å². The Kier molecular flexibility index (Phi) is 31.8. The summed E-state index contributed by atoms with van der Waals surface area (Å²) >= 11 is 3.00. The molecule has 10 N–H and O–H groups in total. The highest BCUT2D eigenvalue weighted by molar-refractivity contribution is 7.98. The van der Waals surface area contributed by atoms with Crippen molar-refractivity contribution in [1.82, 2.24) is 36.6 Å². The normalized spacial score (nSPS) is 13.0. The number of rotatable bonds is 29. The summed E-state index contributed by atoms with van der Waals surface area (Å²) in [7, 11) is 2.45. The molecule has 0 aliphatic heterocycles. The maximum atomic E-state index is 13.7. The van der Waals surface area contributed by atoms with Crippen LogP contribution in [0.1, 0.15) is 89.5 Å². The second kappa shape index (κ2) is 38.7. The Morgan fingerprint density at radius 3 is 1.29 bits per heavy atom. The predicted molar refractivity (Wildman–Crippen MR) is 353 cm³/mol. The van der Waals surface area contributed by atoms with Gasteiger partial charge < -0.3 is 75.8 Å². The van der Waals surface area contributed by atoms with Crippen molar-refractivity contribution >= 4 is 105 Å². The number of carboxylic acids is 1. The van der Waals surface area contributed by atoms with Gasteiger partial charge in [0.2, 0.25) is 17.7 Å². The molecule has 504 valence electrons. The number of nitrogens with one attached hydrogen (secondary N) is 7. The zero-order valence-corrected chi connectivity index (χ0v) is 55.6. The molecule has 0 saturated carbocycles. The second-order valence-electron chi connectivity index (χ2n) is 23.0. The quantitative estimate of drug-likeness (QED) is 0.0166. The van der Waals surface area contributed by atoms with Crippen molar-refractivity contribution in [1.29, 1.82) is 0 Å². The molecule has 2 aromatic heterocycles. The molecule has 0 fully saturated rings. The summed E-state index contributed by atoms with van der Waals surface area (Å²) in [6.07, 6.45) is 5.83. The van der Waals surface area contributed by atoms with Crippen LogP contribution < -0.4 is 32.3 Å². The number of alkyl carbamates (subject to hydrolysis) is 2. The number of methoxy groups -OCH3 is 2. The number of carboxylic acid groups (broad SMARTS) is 1.